The number of rotatable bonds is 1. The van der Waals surface area contributed by atoms with Gasteiger partial charge in [-0.25, -0.2) is 0 Å². The van der Waals surface area contributed by atoms with E-state index in [0.717, 1.165) is 5.56 Å². The Bertz CT molecular complexity index is 597. The minimum atomic E-state index is -0.571. The quantitative estimate of drug-likeness (QED) is 0.549. The number of nitrogens with one attached hydrogen (secondary N) is 1. The number of imide groups is 1. The predicted molar refractivity (Wildman–Crippen MR) is 66.9 cm³/mol. The first-order chi connectivity index (χ1) is 9.06. The van der Waals surface area contributed by atoms with Crippen LogP contribution < -0.4 is 11.1 Å². The number of piperidine rings is 1. The van der Waals surface area contributed by atoms with Gasteiger partial charge in [-0.15, -0.1) is 0 Å². The van der Waals surface area contributed by atoms with Crippen LogP contribution in [0.4, 0.5) is 5.69 Å². The SMILES string of the molecule is Nc1ccc2c(c1)CN(C1CCC(=O)NC1=O)C2=O. The van der Waals surface area contributed by atoms with Gasteiger partial charge in [-0.2, -0.15) is 0 Å². The average molecular weight is 259 g/mol. The zero-order valence-corrected chi connectivity index (χ0v) is 10.2. The molecule has 0 bridgehead atoms. The molecule has 3 rings (SSSR count). The zero-order chi connectivity index (χ0) is 13.6. The lowest BCUT2D eigenvalue weighted by molar-refractivity contribution is -0.136. The van der Waals surface area contributed by atoms with Crippen molar-refractivity contribution in [1.29, 1.82) is 0 Å². The van der Waals surface area contributed by atoms with Gasteiger partial charge in [0.1, 0.15) is 6.04 Å². The Hall–Kier alpha value is -2.37. The summed E-state index contributed by atoms with van der Waals surface area (Å²) in [6.07, 6.45) is 0.637. The summed E-state index contributed by atoms with van der Waals surface area (Å²) in [5.41, 5.74) is 7.70. The lowest BCUT2D eigenvalue weighted by atomic mass is 10.0. The Morgan fingerprint density at radius 3 is 2.79 bits per heavy atom. The van der Waals surface area contributed by atoms with E-state index in [1.807, 2.05) is 0 Å². The summed E-state index contributed by atoms with van der Waals surface area (Å²) in [5.74, 6) is -0.857. The fraction of sp³-hybridized carbons (Fsp3) is 0.308. The van der Waals surface area contributed by atoms with E-state index in [1.54, 1.807) is 18.2 Å². The number of hydrogen-bond donors (Lipinski definition) is 2. The topological polar surface area (TPSA) is 92.5 Å². The van der Waals surface area contributed by atoms with Crippen LogP contribution in [0.15, 0.2) is 18.2 Å². The molecule has 0 aliphatic carbocycles. The van der Waals surface area contributed by atoms with E-state index in [4.69, 9.17) is 5.73 Å². The van der Waals surface area contributed by atoms with Crippen LogP contribution in [0.1, 0.15) is 28.8 Å². The first-order valence-electron chi connectivity index (χ1n) is 6.09. The van der Waals surface area contributed by atoms with Gasteiger partial charge in [0, 0.05) is 24.2 Å². The lowest BCUT2D eigenvalue weighted by Gasteiger charge is -2.29. The number of carbonyl (C=O) groups excluding carboxylic acids is 3. The maximum atomic E-state index is 12.3. The molecule has 2 heterocycles. The van der Waals surface area contributed by atoms with Crippen molar-refractivity contribution < 1.29 is 14.4 Å². The first kappa shape index (κ1) is 11.7. The number of amides is 3. The van der Waals surface area contributed by atoms with Crippen LogP contribution in [0.5, 0.6) is 0 Å². The molecule has 19 heavy (non-hydrogen) atoms. The molecule has 1 aromatic rings. The first-order valence-corrected chi connectivity index (χ1v) is 6.09. The van der Waals surface area contributed by atoms with Crippen molar-refractivity contribution in [2.45, 2.75) is 25.4 Å². The molecule has 6 nitrogen and oxygen atoms in total. The number of nitrogens with zero attached hydrogens (tertiary/aromatic N) is 1. The minimum Gasteiger partial charge on any atom is -0.399 e. The molecule has 3 amide bonds. The van der Waals surface area contributed by atoms with Crippen LogP contribution in [0.3, 0.4) is 0 Å². The second-order valence-electron chi connectivity index (χ2n) is 4.82. The zero-order valence-electron chi connectivity index (χ0n) is 10.2. The third kappa shape index (κ3) is 1.85. The third-order valence-electron chi connectivity index (χ3n) is 3.55. The second kappa shape index (κ2) is 4.08. The van der Waals surface area contributed by atoms with E-state index in [1.165, 1.54) is 4.90 Å². The molecule has 0 aromatic heterocycles. The highest BCUT2D eigenvalue weighted by atomic mass is 16.2. The number of nitrogen functional groups attached to an aromatic ring is 1. The molecule has 3 N–H and O–H groups in total. The monoisotopic (exact) mass is 259 g/mol. The highest BCUT2D eigenvalue weighted by Gasteiger charge is 2.38. The van der Waals surface area contributed by atoms with Crippen LogP contribution in [-0.2, 0) is 16.1 Å². The molecule has 0 saturated carbocycles. The summed E-state index contributed by atoms with van der Waals surface area (Å²) in [6.45, 7) is 0.367. The van der Waals surface area contributed by atoms with Crippen molar-refractivity contribution in [3.05, 3.63) is 29.3 Å². The van der Waals surface area contributed by atoms with Crippen molar-refractivity contribution in [3.8, 4) is 0 Å². The Labute approximate surface area is 109 Å². The molecule has 1 fully saturated rings. The van der Waals surface area contributed by atoms with Gasteiger partial charge in [0.25, 0.3) is 5.91 Å². The number of hydrogen-bond acceptors (Lipinski definition) is 4. The number of benzene rings is 1. The summed E-state index contributed by atoms with van der Waals surface area (Å²) in [5, 5.41) is 2.27. The van der Waals surface area contributed by atoms with E-state index in [2.05, 4.69) is 5.32 Å². The lowest BCUT2D eigenvalue weighted by Crippen LogP contribution is -2.52. The van der Waals surface area contributed by atoms with E-state index in [-0.39, 0.29) is 18.2 Å². The highest BCUT2D eigenvalue weighted by molar-refractivity contribution is 6.05. The number of anilines is 1. The smallest absolute Gasteiger partial charge is 0.255 e. The van der Waals surface area contributed by atoms with Crippen molar-refractivity contribution in [2.75, 3.05) is 5.73 Å². The molecule has 6 heteroatoms. The number of carbonyl (C=O) groups is 3. The van der Waals surface area contributed by atoms with E-state index in [9.17, 15) is 14.4 Å². The molecule has 1 aromatic carbocycles. The average Bonchev–Trinajstić information content (AvgIpc) is 2.66. The van der Waals surface area contributed by atoms with Gasteiger partial charge in [-0.3, -0.25) is 19.7 Å². The van der Waals surface area contributed by atoms with Crippen LogP contribution in [-0.4, -0.2) is 28.7 Å². The van der Waals surface area contributed by atoms with E-state index >= 15 is 0 Å². The minimum absolute atomic E-state index is 0.176. The Balaban J connectivity index is 1.87. The molecule has 0 spiro atoms. The Morgan fingerprint density at radius 2 is 2.05 bits per heavy atom. The van der Waals surface area contributed by atoms with Crippen LogP contribution >= 0.6 is 0 Å². The van der Waals surface area contributed by atoms with E-state index < -0.39 is 11.9 Å². The predicted octanol–water partition coefficient (Wildman–Crippen LogP) is 0.0298. The van der Waals surface area contributed by atoms with Crippen molar-refractivity contribution >= 4 is 23.4 Å². The molecule has 2 aliphatic heterocycles. The van der Waals surface area contributed by atoms with Gasteiger partial charge in [0.15, 0.2) is 0 Å². The Morgan fingerprint density at radius 1 is 1.26 bits per heavy atom. The summed E-state index contributed by atoms with van der Waals surface area (Å²) in [6, 6.07) is 4.53. The summed E-state index contributed by atoms with van der Waals surface area (Å²) >= 11 is 0. The molecule has 1 unspecified atom stereocenters. The Kier molecular flexibility index (Phi) is 2.51. The van der Waals surface area contributed by atoms with Gasteiger partial charge in [0.05, 0.1) is 0 Å². The molecule has 0 radical (unpaired) electrons. The van der Waals surface area contributed by atoms with Gasteiger partial charge in [-0.05, 0) is 30.2 Å². The van der Waals surface area contributed by atoms with Gasteiger partial charge >= 0.3 is 0 Å². The molecular weight excluding hydrogens is 246 g/mol. The molecule has 1 saturated heterocycles. The normalized spacial score (nSPS) is 22.4. The molecular formula is C13H13N3O3. The largest absolute Gasteiger partial charge is 0.399 e. The van der Waals surface area contributed by atoms with Gasteiger partial charge in [-0.1, -0.05) is 0 Å². The van der Waals surface area contributed by atoms with Crippen LogP contribution in [0.2, 0.25) is 0 Å². The van der Waals surface area contributed by atoms with Crippen molar-refractivity contribution in [3.63, 3.8) is 0 Å². The standard InChI is InChI=1S/C13H13N3O3/c14-8-1-2-9-7(5-8)6-16(13(9)19)10-3-4-11(17)15-12(10)18/h1-2,5,10H,3-4,6,14H2,(H,15,17,18). The van der Waals surface area contributed by atoms with Gasteiger partial charge < -0.3 is 10.6 Å². The third-order valence-corrected chi connectivity index (χ3v) is 3.55. The van der Waals surface area contributed by atoms with Crippen molar-refractivity contribution in [2.24, 2.45) is 0 Å². The summed E-state index contributed by atoms with van der Waals surface area (Å²) in [4.78, 5) is 36.7. The summed E-state index contributed by atoms with van der Waals surface area (Å²) in [7, 11) is 0. The number of nitrogens with two attached hydrogens (primary N) is 1. The molecule has 2 aliphatic rings. The number of fused-ring (bicyclic) bond motifs is 1. The fourth-order valence-corrected chi connectivity index (χ4v) is 2.59. The summed E-state index contributed by atoms with van der Waals surface area (Å²) < 4.78 is 0. The molecule has 98 valence electrons. The van der Waals surface area contributed by atoms with E-state index in [0.29, 0.717) is 24.2 Å². The molecule has 1 atom stereocenters. The maximum Gasteiger partial charge on any atom is 0.255 e. The van der Waals surface area contributed by atoms with Crippen LogP contribution in [0, 0.1) is 0 Å². The second-order valence-corrected chi connectivity index (χ2v) is 4.82. The van der Waals surface area contributed by atoms with Crippen molar-refractivity contribution in [1.82, 2.24) is 10.2 Å². The van der Waals surface area contributed by atoms with Gasteiger partial charge in [0.2, 0.25) is 11.8 Å². The maximum absolute atomic E-state index is 12.3. The highest BCUT2D eigenvalue weighted by Crippen LogP contribution is 2.28. The fourth-order valence-electron chi connectivity index (χ4n) is 2.59. The van der Waals surface area contributed by atoms with Crippen LogP contribution in [0.25, 0.3) is 0 Å².